The molecule has 0 bridgehead atoms. The second-order valence-electron chi connectivity index (χ2n) is 4.81. The largest absolute Gasteiger partial charge is 0.459 e. The Morgan fingerprint density at radius 2 is 2.15 bits per heavy atom. The Labute approximate surface area is 117 Å². The van der Waals surface area contributed by atoms with Crippen LogP contribution in [0.2, 0.25) is 0 Å². The molecule has 2 heterocycles. The fraction of sp³-hybridized carbons (Fsp3) is 0.250. The SMILES string of the molecule is CCNC(c1ccnnc1)c1cc2cccc(C)c2o1. The molecule has 0 aliphatic rings. The molecule has 4 heteroatoms. The van der Waals surface area contributed by atoms with Crippen molar-refractivity contribution in [1.82, 2.24) is 15.5 Å². The van der Waals surface area contributed by atoms with E-state index < -0.39 is 0 Å². The summed E-state index contributed by atoms with van der Waals surface area (Å²) in [7, 11) is 0. The van der Waals surface area contributed by atoms with Gasteiger partial charge in [-0.05, 0) is 36.7 Å². The van der Waals surface area contributed by atoms with Gasteiger partial charge in [-0.3, -0.25) is 0 Å². The summed E-state index contributed by atoms with van der Waals surface area (Å²) < 4.78 is 6.06. The predicted molar refractivity (Wildman–Crippen MR) is 78.5 cm³/mol. The second-order valence-corrected chi connectivity index (χ2v) is 4.81. The summed E-state index contributed by atoms with van der Waals surface area (Å²) in [6.45, 7) is 4.99. The molecule has 1 N–H and O–H groups in total. The maximum Gasteiger partial charge on any atom is 0.137 e. The molecule has 1 aromatic carbocycles. The maximum atomic E-state index is 6.06. The highest BCUT2D eigenvalue weighted by Gasteiger charge is 2.18. The standard InChI is InChI=1S/C16H17N3O/c1-3-17-15(13-7-8-18-19-10-13)14-9-12-6-4-5-11(2)16(12)20-14/h4-10,15,17H,3H2,1-2H3. The van der Waals surface area contributed by atoms with E-state index >= 15 is 0 Å². The average Bonchev–Trinajstić information content (AvgIpc) is 2.91. The maximum absolute atomic E-state index is 6.06. The molecular formula is C16H17N3O. The lowest BCUT2D eigenvalue weighted by molar-refractivity contribution is 0.475. The fourth-order valence-electron chi connectivity index (χ4n) is 2.43. The van der Waals surface area contributed by atoms with Gasteiger partial charge in [0.1, 0.15) is 11.3 Å². The minimum atomic E-state index is 0.00213. The Hall–Kier alpha value is -2.20. The zero-order chi connectivity index (χ0) is 13.9. The van der Waals surface area contributed by atoms with Crippen LogP contribution in [0.4, 0.5) is 0 Å². The Morgan fingerprint density at radius 3 is 2.85 bits per heavy atom. The van der Waals surface area contributed by atoms with E-state index in [2.05, 4.69) is 47.6 Å². The van der Waals surface area contributed by atoms with Crippen LogP contribution >= 0.6 is 0 Å². The highest BCUT2D eigenvalue weighted by molar-refractivity contribution is 5.81. The fourth-order valence-corrected chi connectivity index (χ4v) is 2.43. The van der Waals surface area contributed by atoms with E-state index in [1.54, 1.807) is 12.4 Å². The molecule has 0 radical (unpaired) electrons. The van der Waals surface area contributed by atoms with E-state index in [0.29, 0.717) is 0 Å². The number of nitrogens with zero attached hydrogens (tertiary/aromatic N) is 2. The summed E-state index contributed by atoms with van der Waals surface area (Å²) in [5, 5.41) is 12.3. The molecule has 0 aliphatic carbocycles. The third-order valence-corrected chi connectivity index (χ3v) is 3.39. The third kappa shape index (κ3) is 2.30. The topological polar surface area (TPSA) is 51.0 Å². The molecule has 3 aromatic rings. The Morgan fingerprint density at radius 1 is 1.25 bits per heavy atom. The lowest BCUT2D eigenvalue weighted by Gasteiger charge is -2.14. The number of rotatable bonds is 4. The second kappa shape index (κ2) is 5.43. The van der Waals surface area contributed by atoms with Crippen molar-refractivity contribution in [3.63, 3.8) is 0 Å². The van der Waals surface area contributed by atoms with Crippen LogP contribution in [0.25, 0.3) is 11.0 Å². The lowest BCUT2D eigenvalue weighted by atomic mass is 10.1. The van der Waals surface area contributed by atoms with Crippen LogP contribution < -0.4 is 5.32 Å². The summed E-state index contributed by atoms with van der Waals surface area (Å²) in [4.78, 5) is 0. The molecule has 0 saturated carbocycles. The van der Waals surface area contributed by atoms with Crippen LogP contribution in [0.3, 0.4) is 0 Å². The van der Waals surface area contributed by atoms with E-state index in [4.69, 9.17) is 4.42 Å². The smallest absolute Gasteiger partial charge is 0.137 e. The van der Waals surface area contributed by atoms with E-state index in [9.17, 15) is 0 Å². The summed E-state index contributed by atoms with van der Waals surface area (Å²) in [5.41, 5.74) is 3.16. The number of fused-ring (bicyclic) bond motifs is 1. The molecule has 2 aromatic heterocycles. The van der Waals surface area contributed by atoms with Crippen LogP contribution in [0.5, 0.6) is 0 Å². The van der Waals surface area contributed by atoms with Crippen molar-refractivity contribution in [2.24, 2.45) is 0 Å². The number of hydrogen-bond donors (Lipinski definition) is 1. The van der Waals surface area contributed by atoms with Crippen LogP contribution in [-0.4, -0.2) is 16.7 Å². The predicted octanol–water partition coefficient (Wildman–Crippen LogP) is 3.23. The van der Waals surface area contributed by atoms with Gasteiger partial charge < -0.3 is 9.73 Å². The zero-order valence-electron chi connectivity index (χ0n) is 11.6. The Kier molecular flexibility index (Phi) is 3.48. The zero-order valence-corrected chi connectivity index (χ0v) is 11.6. The van der Waals surface area contributed by atoms with Gasteiger partial charge in [0.2, 0.25) is 0 Å². The van der Waals surface area contributed by atoms with Gasteiger partial charge in [-0.2, -0.15) is 10.2 Å². The van der Waals surface area contributed by atoms with Gasteiger partial charge in [0, 0.05) is 11.6 Å². The first-order valence-corrected chi connectivity index (χ1v) is 6.78. The molecule has 0 saturated heterocycles. The molecule has 3 rings (SSSR count). The Balaban J connectivity index is 2.08. The minimum Gasteiger partial charge on any atom is -0.459 e. The molecular weight excluding hydrogens is 250 g/mol. The highest BCUT2D eigenvalue weighted by atomic mass is 16.3. The Bertz CT molecular complexity index is 706. The van der Waals surface area contributed by atoms with Crippen LogP contribution in [0.15, 0.2) is 47.1 Å². The van der Waals surface area contributed by atoms with E-state index in [0.717, 1.165) is 34.4 Å². The summed E-state index contributed by atoms with van der Waals surface area (Å²) >= 11 is 0. The van der Waals surface area contributed by atoms with Crippen LogP contribution in [0.1, 0.15) is 29.9 Å². The first-order valence-electron chi connectivity index (χ1n) is 6.78. The summed E-state index contributed by atoms with van der Waals surface area (Å²) in [5.74, 6) is 0.907. The molecule has 0 aliphatic heterocycles. The first kappa shape index (κ1) is 12.8. The van der Waals surface area contributed by atoms with Gasteiger partial charge >= 0.3 is 0 Å². The van der Waals surface area contributed by atoms with Gasteiger partial charge in [-0.15, -0.1) is 0 Å². The number of hydrogen-bond acceptors (Lipinski definition) is 4. The van der Waals surface area contributed by atoms with E-state index in [1.165, 1.54) is 0 Å². The number of benzene rings is 1. The van der Waals surface area contributed by atoms with Crippen molar-refractivity contribution in [3.8, 4) is 0 Å². The van der Waals surface area contributed by atoms with Gasteiger partial charge in [0.25, 0.3) is 0 Å². The highest BCUT2D eigenvalue weighted by Crippen LogP contribution is 2.29. The first-order chi connectivity index (χ1) is 9.79. The molecule has 0 spiro atoms. The molecule has 0 amide bonds. The van der Waals surface area contributed by atoms with E-state index in [-0.39, 0.29) is 6.04 Å². The monoisotopic (exact) mass is 267 g/mol. The van der Waals surface area contributed by atoms with Crippen molar-refractivity contribution >= 4 is 11.0 Å². The van der Waals surface area contributed by atoms with E-state index in [1.807, 2.05) is 12.1 Å². The van der Waals surface area contributed by atoms with Gasteiger partial charge in [0.05, 0.1) is 12.2 Å². The molecule has 0 fully saturated rings. The number of para-hydroxylation sites is 1. The van der Waals surface area contributed by atoms with Crippen molar-refractivity contribution in [2.75, 3.05) is 6.54 Å². The minimum absolute atomic E-state index is 0.00213. The van der Waals surface area contributed by atoms with Crippen LogP contribution in [0, 0.1) is 6.92 Å². The van der Waals surface area contributed by atoms with Crippen molar-refractivity contribution in [3.05, 3.63) is 59.6 Å². The third-order valence-electron chi connectivity index (χ3n) is 3.39. The number of nitrogens with one attached hydrogen (secondary N) is 1. The molecule has 4 nitrogen and oxygen atoms in total. The number of aromatic nitrogens is 2. The number of aryl methyl sites for hydroxylation is 1. The van der Waals surface area contributed by atoms with Crippen molar-refractivity contribution in [1.29, 1.82) is 0 Å². The normalized spacial score (nSPS) is 12.7. The van der Waals surface area contributed by atoms with Gasteiger partial charge in [0.15, 0.2) is 0 Å². The quantitative estimate of drug-likeness (QED) is 0.788. The van der Waals surface area contributed by atoms with Crippen molar-refractivity contribution < 1.29 is 4.42 Å². The average molecular weight is 267 g/mol. The molecule has 102 valence electrons. The molecule has 1 unspecified atom stereocenters. The van der Waals surface area contributed by atoms with Crippen LogP contribution in [-0.2, 0) is 0 Å². The summed E-state index contributed by atoms with van der Waals surface area (Å²) in [6.07, 6.45) is 3.47. The van der Waals surface area contributed by atoms with Gasteiger partial charge in [-0.1, -0.05) is 25.1 Å². The van der Waals surface area contributed by atoms with Gasteiger partial charge in [-0.25, -0.2) is 0 Å². The molecule has 20 heavy (non-hydrogen) atoms. The summed E-state index contributed by atoms with van der Waals surface area (Å²) in [6, 6.07) is 10.2. The molecule has 1 atom stereocenters. The lowest BCUT2D eigenvalue weighted by Crippen LogP contribution is -2.21. The number of furan rings is 1. The van der Waals surface area contributed by atoms with Crippen molar-refractivity contribution in [2.45, 2.75) is 19.9 Å².